The van der Waals surface area contributed by atoms with Crippen molar-refractivity contribution in [3.63, 3.8) is 0 Å². The minimum Gasteiger partial charge on any atom is -0.350 e. The summed E-state index contributed by atoms with van der Waals surface area (Å²) in [5.41, 5.74) is 2.75. The highest BCUT2D eigenvalue weighted by atomic mass is 16.2. The van der Waals surface area contributed by atoms with Crippen LogP contribution in [0.2, 0.25) is 0 Å². The van der Waals surface area contributed by atoms with Crippen LogP contribution >= 0.6 is 0 Å². The van der Waals surface area contributed by atoms with Crippen LogP contribution < -0.4 is 5.32 Å². The standard InChI is InChI=1S/C16H21N3O/c1-11-13-7-3-4-8-14(13)18-15(11)16(20)17-12-6-5-9-19(2)10-12/h3-4,7-8,12,18H,5-6,9-10H2,1-2H3,(H,17,20)/t12-/m0/s1. The Labute approximate surface area is 119 Å². The smallest absolute Gasteiger partial charge is 0.268 e. The van der Waals surface area contributed by atoms with Crippen molar-refractivity contribution in [2.24, 2.45) is 0 Å². The molecule has 0 saturated carbocycles. The number of benzene rings is 1. The Hall–Kier alpha value is -1.81. The molecule has 2 heterocycles. The van der Waals surface area contributed by atoms with Crippen molar-refractivity contribution < 1.29 is 4.79 Å². The highest BCUT2D eigenvalue weighted by molar-refractivity contribution is 6.00. The van der Waals surface area contributed by atoms with Gasteiger partial charge in [-0.25, -0.2) is 0 Å². The quantitative estimate of drug-likeness (QED) is 0.880. The summed E-state index contributed by atoms with van der Waals surface area (Å²) in [4.78, 5) is 18.0. The van der Waals surface area contributed by atoms with Crippen LogP contribution in [0.3, 0.4) is 0 Å². The zero-order chi connectivity index (χ0) is 14.1. The van der Waals surface area contributed by atoms with Gasteiger partial charge in [-0.1, -0.05) is 18.2 Å². The minimum atomic E-state index is 0.0130. The van der Waals surface area contributed by atoms with Gasteiger partial charge in [0.1, 0.15) is 5.69 Å². The number of para-hydroxylation sites is 1. The number of rotatable bonds is 2. The lowest BCUT2D eigenvalue weighted by molar-refractivity contribution is 0.0907. The molecule has 1 fully saturated rings. The van der Waals surface area contributed by atoms with Gasteiger partial charge in [0, 0.05) is 23.5 Å². The molecule has 0 unspecified atom stereocenters. The van der Waals surface area contributed by atoms with Crippen molar-refractivity contribution >= 4 is 16.8 Å². The first-order chi connectivity index (χ1) is 9.65. The molecule has 0 radical (unpaired) electrons. The van der Waals surface area contributed by atoms with Crippen LogP contribution in [0.1, 0.15) is 28.9 Å². The van der Waals surface area contributed by atoms with Crippen molar-refractivity contribution in [2.45, 2.75) is 25.8 Å². The summed E-state index contributed by atoms with van der Waals surface area (Å²) >= 11 is 0. The van der Waals surface area contributed by atoms with E-state index in [1.54, 1.807) is 0 Å². The largest absolute Gasteiger partial charge is 0.350 e. The number of nitrogens with one attached hydrogen (secondary N) is 2. The number of aromatic nitrogens is 1. The molecule has 0 bridgehead atoms. The molecule has 0 spiro atoms. The topological polar surface area (TPSA) is 48.1 Å². The molecule has 2 N–H and O–H groups in total. The maximum absolute atomic E-state index is 12.4. The van der Waals surface area contributed by atoms with Crippen molar-refractivity contribution in [1.82, 2.24) is 15.2 Å². The third-order valence-corrected chi connectivity index (χ3v) is 4.15. The number of nitrogens with zero attached hydrogens (tertiary/aromatic N) is 1. The van der Waals surface area contributed by atoms with E-state index < -0.39 is 0 Å². The lowest BCUT2D eigenvalue weighted by atomic mass is 10.1. The number of piperidine rings is 1. The van der Waals surface area contributed by atoms with E-state index in [9.17, 15) is 4.79 Å². The molecule has 20 heavy (non-hydrogen) atoms. The molecule has 4 heteroatoms. The van der Waals surface area contributed by atoms with E-state index in [0.29, 0.717) is 5.69 Å². The van der Waals surface area contributed by atoms with E-state index >= 15 is 0 Å². The second kappa shape index (κ2) is 5.29. The summed E-state index contributed by atoms with van der Waals surface area (Å²) < 4.78 is 0. The first-order valence-electron chi connectivity index (χ1n) is 7.22. The average molecular weight is 271 g/mol. The number of carbonyl (C=O) groups excluding carboxylic acids is 1. The van der Waals surface area contributed by atoms with Gasteiger partial charge >= 0.3 is 0 Å². The van der Waals surface area contributed by atoms with Crippen LogP contribution in [0.4, 0.5) is 0 Å². The fraction of sp³-hybridized carbons (Fsp3) is 0.438. The number of aryl methyl sites for hydroxylation is 1. The maximum atomic E-state index is 12.4. The Morgan fingerprint density at radius 2 is 2.20 bits per heavy atom. The second-order valence-corrected chi connectivity index (χ2v) is 5.75. The number of H-pyrrole nitrogens is 1. The summed E-state index contributed by atoms with van der Waals surface area (Å²) in [5.74, 6) is 0.0130. The van der Waals surface area contributed by atoms with E-state index in [1.807, 2.05) is 31.2 Å². The number of hydrogen-bond acceptors (Lipinski definition) is 2. The summed E-state index contributed by atoms with van der Waals surface area (Å²) in [6.07, 6.45) is 2.21. The molecule has 1 aromatic carbocycles. The van der Waals surface area contributed by atoms with Crippen molar-refractivity contribution in [2.75, 3.05) is 20.1 Å². The van der Waals surface area contributed by atoms with Gasteiger partial charge in [0.15, 0.2) is 0 Å². The molecule has 0 aliphatic carbocycles. The number of hydrogen-bond donors (Lipinski definition) is 2. The van der Waals surface area contributed by atoms with E-state index in [4.69, 9.17) is 0 Å². The van der Waals surface area contributed by atoms with Gasteiger partial charge in [-0.3, -0.25) is 4.79 Å². The molecule has 1 saturated heterocycles. The van der Waals surface area contributed by atoms with Gasteiger partial charge in [0.25, 0.3) is 5.91 Å². The first-order valence-corrected chi connectivity index (χ1v) is 7.22. The summed E-state index contributed by atoms with van der Waals surface area (Å²) in [6, 6.07) is 8.30. The highest BCUT2D eigenvalue weighted by Gasteiger charge is 2.21. The van der Waals surface area contributed by atoms with Crippen molar-refractivity contribution in [3.05, 3.63) is 35.5 Å². The molecule has 1 amide bonds. The number of carbonyl (C=O) groups is 1. The molecule has 1 aliphatic heterocycles. The minimum absolute atomic E-state index is 0.0130. The molecule has 1 aromatic heterocycles. The first kappa shape index (κ1) is 13.2. The molecular weight excluding hydrogens is 250 g/mol. The number of fused-ring (bicyclic) bond motifs is 1. The van der Waals surface area contributed by atoms with E-state index in [-0.39, 0.29) is 11.9 Å². The Morgan fingerprint density at radius 3 is 2.95 bits per heavy atom. The van der Waals surface area contributed by atoms with E-state index in [0.717, 1.165) is 42.4 Å². The molecule has 1 aliphatic rings. The molecule has 4 nitrogen and oxygen atoms in total. The molecule has 2 aromatic rings. The monoisotopic (exact) mass is 271 g/mol. The van der Waals surface area contributed by atoms with Gasteiger partial charge in [-0.15, -0.1) is 0 Å². The normalized spacial score (nSPS) is 20.2. The summed E-state index contributed by atoms with van der Waals surface area (Å²) in [7, 11) is 2.10. The molecule has 1 atom stereocenters. The SMILES string of the molecule is Cc1c(C(=O)N[C@H]2CCCN(C)C2)[nH]c2ccccc12. The molecule has 106 valence electrons. The summed E-state index contributed by atoms with van der Waals surface area (Å²) in [5, 5.41) is 4.28. The second-order valence-electron chi connectivity index (χ2n) is 5.75. The predicted molar refractivity (Wildman–Crippen MR) is 81.0 cm³/mol. The van der Waals surface area contributed by atoms with Gasteiger partial charge in [0.2, 0.25) is 0 Å². The highest BCUT2D eigenvalue weighted by Crippen LogP contribution is 2.21. The van der Waals surface area contributed by atoms with Gasteiger partial charge in [-0.2, -0.15) is 0 Å². The van der Waals surface area contributed by atoms with Crippen LogP contribution in [0.25, 0.3) is 10.9 Å². The Balaban J connectivity index is 1.80. The van der Waals surface area contributed by atoms with E-state index in [2.05, 4.69) is 22.2 Å². The Kier molecular flexibility index (Phi) is 3.49. The number of likely N-dealkylation sites (N-methyl/N-ethyl adjacent to an activating group) is 1. The number of likely N-dealkylation sites (tertiary alicyclic amines) is 1. The zero-order valence-corrected chi connectivity index (χ0v) is 12.1. The predicted octanol–water partition coefficient (Wildman–Crippen LogP) is 2.30. The van der Waals surface area contributed by atoms with Crippen LogP contribution in [-0.2, 0) is 0 Å². The third kappa shape index (κ3) is 2.43. The number of amides is 1. The number of aromatic amines is 1. The summed E-state index contributed by atoms with van der Waals surface area (Å²) in [6.45, 7) is 4.06. The Morgan fingerprint density at radius 1 is 1.40 bits per heavy atom. The fourth-order valence-electron chi connectivity index (χ4n) is 3.05. The van der Waals surface area contributed by atoms with Gasteiger partial charge in [0.05, 0.1) is 0 Å². The van der Waals surface area contributed by atoms with Crippen LogP contribution in [-0.4, -0.2) is 42.0 Å². The van der Waals surface area contributed by atoms with Gasteiger partial charge in [-0.05, 0) is 45.0 Å². The zero-order valence-electron chi connectivity index (χ0n) is 12.1. The molecular formula is C16H21N3O. The van der Waals surface area contributed by atoms with Crippen molar-refractivity contribution in [3.8, 4) is 0 Å². The lowest BCUT2D eigenvalue weighted by Gasteiger charge is -2.30. The lowest BCUT2D eigenvalue weighted by Crippen LogP contribution is -2.46. The fourth-order valence-corrected chi connectivity index (χ4v) is 3.05. The maximum Gasteiger partial charge on any atom is 0.268 e. The van der Waals surface area contributed by atoms with Crippen molar-refractivity contribution in [1.29, 1.82) is 0 Å². The van der Waals surface area contributed by atoms with Crippen LogP contribution in [0.5, 0.6) is 0 Å². The van der Waals surface area contributed by atoms with Crippen LogP contribution in [0, 0.1) is 6.92 Å². The average Bonchev–Trinajstić information content (AvgIpc) is 2.77. The Bertz CT molecular complexity index is 632. The van der Waals surface area contributed by atoms with Gasteiger partial charge < -0.3 is 15.2 Å². The molecule has 3 rings (SSSR count). The van der Waals surface area contributed by atoms with Crippen LogP contribution in [0.15, 0.2) is 24.3 Å². The third-order valence-electron chi connectivity index (χ3n) is 4.15. The van der Waals surface area contributed by atoms with E-state index in [1.165, 1.54) is 0 Å².